The molecule has 0 aliphatic heterocycles. The summed E-state index contributed by atoms with van der Waals surface area (Å²) in [5.74, 6) is 0.454. The second-order valence-electron chi connectivity index (χ2n) is 4.89. The number of carbonyl (C=O) groups excluding carboxylic acids is 1. The van der Waals surface area contributed by atoms with Crippen molar-refractivity contribution >= 4 is 11.7 Å². The zero-order valence-electron chi connectivity index (χ0n) is 10.3. The largest absolute Gasteiger partial charge is 0.372 e. The van der Waals surface area contributed by atoms with Crippen LogP contribution in [0.2, 0.25) is 0 Å². The highest BCUT2D eigenvalue weighted by Crippen LogP contribution is 2.39. The Morgan fingerprint density at radius 3 is 2.82 bits per heavy atom. The van der Waals surface area contributed by atoms with Crippen LogP contribution in [0.4, 0.5) is 5.82 Å². The van der Waals surface area contributed by atoms with Gasteiger partial charge in [0.1, 0.15) is 11.5 Å². The highest BCUT2D eigenvalue weighted by molar-refractivity contribution is 5.92. The van der Waals surface area contributed by atoms with Gasteiger partial charge < -0.3 is 10.6 Å². The molecular weight excluding hydrogens is 216 g/mol. The number of nitrogens with one attached hydrogen (secondary N) is 2. The van der Waals surface area contributed by atoms with Crippen LogP contribution >= 0.6 is 0 Å². The van der Waals surface area contributed by atoms with Gasteiger partial charge in [-0.2, -0.15) is 0 Å². The molecule has 17 heavy (non-hydrogen) atoms. The zero-order valence-corrected chi connectivity index (χ0v) is 10.3. The van der Waals surface area contributed by atoms with Crippen molar-refractivity contribution in [3.8, 4) is 0 Å². The van der Waals surface area contributed by atoms with Gasteiger partial charge in [0.05, 0.1) is 12.4 Å². The third-order valence-electron chi connectivity index (χ3n) is 3.36. The predicted octanol–water partition coefficient (Wildman–Crippen LogP) is 1.44. The van der Waals surface area contributed by atoms with Crippen molar-refractivity contribution in [3.05, 3.63) is 18.1 Å². The summed E-state index contributed by atoms with van der Waals surface area (Å²) in [5.41, 5.74) is 0.642. The minimum absolute atomic E-state index is 0.150. The fourth-order valence-electron chi connectivity index (χ4n) is 1.94. The van der Waals surface area contributed by atoms with Crippen molar-refractivity contribution in [2.45, 2.75) is 26.2 Å². The Kier molecular flexibility index (Phi) is 3.26. The van der Waals surface area contributed by atoms with Crippen molar-refractivity contribution in [2.75, 3.05) is 18.9 Å². The topological polar surface area (TPSA) is 66.9 Å². The van der Waals surface area contributed by atoms with Gasteiger partial charge in [-0.25, -0.2) is 4.98 Å². The van der Waals surface area contributed by atoms with Gasteiger partial charge in [0, 0.05) is 13.6 Å². The first-order chi connectivity index (χ1) is 8.13. The second-order valence-corrected chi connectivity index (χ2v) is 4.89. The van der Waals surface area contributed by atoms with Gasteiger partial charge in [0.25, 0.3) is 5.91 Å². The molecule has 0 radical (unpaired) electrons. The number of amides is 1. The molecule has 92 valence electrons. The molecular formula is C12H18N4O. The first-order valence-electron chi connectivity index (χ1n) is 5.91. The Balaban J connectivity index is 1.94. The number of nitrogens with zero attached hydrogens (tertiary/aromatic N) is 2. The van der Waals surface area contributed by atoms with E-state index in [1.165, 1.54) is 25.5 Å². The second kappa shape index (κ2) is 4.69. The third-order valence-corrected chi connectivity index (χ3v) is 3.36. The van der Waals surface area contributed by atoms with Gasteiger partial charge in [-0.05, 0) is 18.3 Å². The number of anilines is 1. The van der Waals surface area contributed by atoms with Crippen molar-refractivity contribution in [3.63, 3.8) is 0 Å². The molecule has 0 atom stereocenters. The summed E-state index contributed by atoms with van der Waals surface area (Å²) in [6.07, 6.45) is 6.72. The van der Waals surface area contributed by atoms with Crippen LogP contribution in [0, 0.1) is 5.41 Å². The maximum Gasteiger partial charge on any atom is 0.271 e. The van der Waals surface area contributed by atoms with Crippen LogP contribution in [0.25, 0.3) is 0 Å². The summed E-state index contributed by atoms with van der Waals surface area (Å²) in [7, 11) is 1.75. The molecule has 1 amide bonds. The molecule has 0 spiro atoms. The van der Waals surface area contributed by atoms with Gasteiger partial charge in [0.2, 0.25) is 0 Å². The molecule has 0 aromatic carbocycles. The van der Waals surface area contributed by atoms with Crippen molar-refractivity contribution in [2.24, 2.45) is 5.41 Å². The summed E-state index contributed by atoms with van der Waals surface area (Å²) in [5, 5.41) is 5.79. The van der Waals surface area contributed by atoms with Crippen molar-refractivity contribution in [1.82, 2.24) is 15.3 Å². The van der Waals surface area contributed by atoms with E-state index in [0.717, 1.165) is 6.54 Å². The van der Waals surface area contributed by atoms with Gasteiger partial charge in [-0.3, -0.25) is 9.78 Å². The van der Waals surface area contributed by atoms with E-state index >= 15 is 0 Å². The van der Waals surface area contributed by atoms with E-state index in [4.69, 9.17) is 0 Å². The van der Waals surface area contributed by atoms with Gasteiger partial charge >= 0.3 is 0 Å². The van der Waals surface area contributed by atoms with Crippen LogP contribution in [-0.4, -0.2) is 29.5 Å². The monoisotopic (exact) mass is 234 g/mol. The summed E-state index contributed by atoms with van der Waals surface area (Å²) in [6, 6.07) is 0. The molecule has 1 saturated carbocycles. The first kappa shape index (κ1) is 11.8. The number of carbonyl (C=O) groups is 1. The highest BCUT2D eigenvalue weighted by atomic mass is 16.1. The maximum atomic E-state index is 11.9. The number of hydrogen-bond acceptors (Lipinski definition) is 4. The molecule has 0 saturated heterocycles. The molecule has 1 aliphatic rings. The van der Waals surface area contributed by atoms with Crippen LogP contribution in [-0.2, 0) is 0 Å². The molecule has 0 unspecified atom stereocenters. The lowest BCUT2D eigenvalue weighted by atomic mass is 9.70. The lowest BCUT2D eigenvalue weighted by Gasteiger charge is -2.38. The van der Waals surface area contributed by atoms with Crippen molar-refractivity contribution in [1.29, 1.82) is 0 Å². The molecule has 1 aliphatic carbocycles. The summed E-state index contributed by atoms with van der Waals surface area (Å²) >= 11 is 0. The summed E-state index contributed by atoms with van der Waals surface area (Å²) in [6.45, 7) is 2.92. The van der Waals surface area contributed by atoms with Crippen LogP contribution in [0.5, 0.6) is 0 Å². The highest BCUT2D eigenvalue weighted by Gasteiger charge is 2.32. The van der Waals surface area contributed by atoms with E-state index in [9.17, 15) is 4.79 Å². The average molecular weight is 234 g/mol. The molecule has 2 N–H and O–H groups in total. The molecule has 1 aromatic rings. The summed E-state index contributed by atoms with van der Waals surface area (Å²) < 4.78 is 0. The Labute approximate surface area is 101 Å². The molecule has 5 nitrogen and oxygen atoms in total. The molecule has 1 aromatic heterocycles. The number of rotatable bonds is 4. The normalized spacial score (nSPS) is 17.1. The van der Waals surface area contributed by atoms with E-state index in [2.05, 4.69) is 27.5 Å². The lowest BCUT2D eigenvalue weighted by molar-refractivity contribution is 0.0885. The average Bonchev–Trinajstić information content (AvgIpc) is 2.33. The van der Waals surface area contributed by atoms with Crippen molar-refractivity contribution < 1.29 is 4.79 Å². The number of aromatic nitrogens is 2. The van der Waals surface area contributed by atoms with Gasteiger partial charge in [-0.15, -0.1) is 0 Å². The SMILES string of the molecule is CNc1cncc(C(=O)NCC2(C)CCC2)n1. The standard InChI is InChI=1S/C12H18N4O/c1-12(4-3-5-12)8-15-11(17)9-6-14-7-10(13-2)16-9/h6-7H,3-5,8H2,1-2H3,(H,13,16)(H,15,17). The Morgan fingerprint density at radius 2 is 2.24 bits per heavy atom. The smallest absolute Gasteiger partial charge is 0.271 e. The van der Waals surface area contributed by atoms with E-state index in [1.54, 1.807) is 13.2 Å². The minimum atomic E-state index is -0.150. The first-order valence-corrected chi connectivity index (χ1v) is 5.91. The quantitative estimate of drug-likeness (QED) is 0.827. The lowest BCUT2D eigenvalue weighted by Crippen LogP contribution is -2.40. The van der Waals surface area contributed by atoms with E-state index in [0.29, 0.717) is 11.5 Å². The minimum Gasteiger partial charge on any atom is -0.372 e. The van der Waals surface area contributed by atoms with Crippen LogP contribution in [0.15, 0.2) is 12.4 Å². The Bertz CT molecular complexity index is 415. The number of hydrogen-bond donors (Lipinski definition) is 2. The van der Waals surface area contributed by atoms with E-state index in [-0.39, 0.29) is 11.3 Å². The third kappa shape index (κ3) is 2.72. The Hall–Kier alpha value is -1.65. The van der Waals surface area contributed by atoms with E-state index < -0.39 is 0 Å². The molecule has 5 heteroatoms. The summed E-state index contributed by atoms with van der Waals surface area (Å²) in [4.78, 5) is 20.0. The van der Waals surface area contributed by atoms with Crippen LogP contribution in [0.1, 0.15) is 36.7 Å². The fourth-order valence-corrected chi connectivity index (χ4v) is 1.94. The van der Waals surface area contributed by atoms with Crippen LogP contribution < -0.4 is 10.6 Å². The van der Waals surface area contributed by atoms with Crippen LogP contribution in [0.3, 0.4) is 0 Å². The van der Waals surface area contributed by atoms with Gasteiger partial charge in [-0.1, -0.05) is 13.3 Å². The van der Waals surface area contributed by atoms with E-state index in [1.807, 2.05) is 0 Å². The maximum absolute atomic E-state index is 11.9. The Morgan fingerprint density at radius 1 is 1.47 bits per heavy atom. The molecule has 0 bridgehead atoms. The molecule has 2 rings (SSSR count). The fraction of sp³-hybridized carbons (Fsp3) is 0.583. The predicted molar refractivity (Wildman–Crippen MR) is 65.9 cm³/mol. The zero-order chi connectivity index (χ0) is 12.3. The molecule has 1 fully saturated rings. The molecule has 1 heterocycles. The van der Waals surface area contributed by atoms with Gasteiger partial charge in [0.15, 0.2) is 0 Å².